The van der Waals surface area contributed by atoms with Crippen molar-refractivity contribution in [3.63, 3.8) is 0 Å². The first-order chi connectivity index (χ1) is 11.1. The molecule has 0 saturated carbocycles. The van der Waals surface area contributed by atoms with Gasteiger partial charge in [0.25, 0.3) is 11.8 Å². The second-order valence-electron chi connectivity index (χ2n) is 4.69. The number of carbonyl (C=O) groups excluding carboxylic acids is 2. The van der Waals surface area contributed by atoms with E-state index in [-0.39, 0.29) is 19.1 Å². The van der Waals surface area contributed by atoms with Gasteiger partial charge >= 0.3 is 0 Å². The predicted octanol–water partition coefficient (Wildman–Crippen LogP) is 1.70. The molecule has 2 N–H and O–H groups in total. The summed E-state index contributed by atoms with van der Waals surface area (Å²) >= 11 is 1.51. The summed E-state index contributed by atoms with van der Waals surface area (Å²) in [6.07, 6.45) is 1.55. The van der Waals surface area contributed by atoms with Gasteiger partial charge in [0, 0.05) is 4.88 Å². The fraction of sp³-hybridized carbons (Fsp3) is 0.188. The lowest BCUT2D eigenvalue weighted by Gasteiger charge is -2.07. The molecule has 2 amide bonds. The minimum Gasteiger partial charge on any atom is -0.484 e. The van der Waals surface area contributed by atoms with Crippen LogP contribution in [0.2, 0.25) is 0 Å². The zero-order valence-electron chi connectivity index (χ0n) is 12.6. The Kier molecular flexibility index (Phi) is 6.31. The zero-order chi connectivity index (χ0) is 16.5. The Morgan fingerprint density at radius 3 is 2.87 bits per heavy atom. The highest BCUT2D eigenvalue weighted by molar-refractivity contribution is 7.11. The van der Waals surface area contributed by atoms with Crippen LogP contribution in [0.15, 0.2) is 46.9 Å². The highest BCUT2D eigenvalue weighted by atomic mass is 32.1. The summed E-state index contributed by atoms with van der Waals surface area (Å²) in [5.74, 6) is -0.157. The van der Waals surface area contributed by atoms with Crippen LogP contribution in [0, 0.1) is 6.92 Å². The van der Waals surface area contributed by atoms with Gasteiger partial charge < -0.3 is 10.1 Å². The molecule has 6 nitrogen and oxygen atoms in total. The van der Waals surface area contributed by atoms with Crippen LogP contribution >= 0.6 is 11.3 Å². The lowest BCUT2D eigenvalue weighted by atomic mass is 10.2. The van der Waals surface area contributed by atoms with Crippen LogP contribution in [-0.4, -0.2) is 31.2 Å². The van der Waals surface area contributed by atoms with E-state index in [0.717, 1.165) is 10.4 Å². The summed E-state index contributed by atoms with van der Waals surface area (Å²) in [6, 6.07) is 11.2. The number of ether oxygens (including phenoxy) is 1. The fourth-order valence-corrected chi connectivity index (χ4v) is 2.24. The maximum Gasteiger partial charge on any atom is 0.259 e. The number of benzene rings is 1. The number of aryl methyl sites for hydroxylation is 1. The molecule has 0 spiro atoms. The van der Waals surface area contributed by atoms with Crippen LogP contribution in [0.5, 0.6) is 5.75 Å². The molecule has 1 heterocycles. The zero-order valence-corrected chi connectivity index (χ0v) is 13.4. The molecule has 0 radical (unpaired) electrons. The van der Waals surface area contributed by atoms with E-state index in [4.69, 9.17) is 4.74 Å². The molecular formula is C16H17N3O3S. The normalized spacial score (nSPS) is 10.5. The molecule has 120 valence electrons. The van der Waals surface area contributed by atoms with Crippen molar-refractivity contribution in [1.29, 1.82) is 0 Å². The van der Waals surface area contributed by atoms with Gasteiger partial charge in [-0.05, 0) is 36.1 Å². The van der Waals surface area contributed by atoms with Crippen LogP contribution in [0.25, 0.3) is 0 Å². The minimum atomic E-state index is -0.401. The molecule has 0 saturated heterocycles. The van der Waals surface area contributed by atoms with E-state index >= 15 is 0 Å². The third kappa shape index (κ3) is 6.31. The SMILES string of the molecule is Cc1cccc(OCC(=O)NCC(=O)N/N=C/c2cccs2)c1. The number of hydrazone groups is 1. The quantitative estimate of drug-likeness (QED) is 0.599. The van der Waals surface area contributed by atoms with Gasteiger partial charge in [-0.3, -0.25) is 9.59 Å². The Morgan fingerprint density at radius 1 is 1.26 bits per heavy atom. The number of amides is 2. The van der Waals surface area contributed by atoms with Gasteiger partial charge in [-0.25, -0.2) is 5.43 Å². The molecule has 0 aliphatic carbocycles. The van der Waals surface area contributed by atoms with E-state index < -0.39 is 5.91 Å². The average molecular weight is 331 g/mol. The lowest BCUT2D eigenvalue weighted by Crippen LogP contribution is -2.37. The van der Waals surface area contributed by atoms with Crippen LogP contribution in [0.3, 0.4) is 0 Å². The van der Waals surface area contributed by atoms with Gasteiger partial charge in [-0.15, -0.1) is 11.3 Å². The van der Waals surface area contributed by atoms with Crippen LogP contribution in [-0.2, 0) is 9.59 Å². The lowest BCUT2D eigenvalue weighted by molar-refractivity contribution is -0.127. The first-order valence-corrected chi connectivity index (χ1v) is 7.83. The highest BCUT2D eigenvalue weighted by Gasteiger charge is 2.05. The summed E-state index contributed by atoms with van der Waals surface area (Å²) in [6.45, 7) is 1.64. The maximum absolute atomic E-state index is 11.6. The van der Waals surface area contributed by atoms with Crippen LogP contribution in [0.4, 0.5) is 0 Å². The largest absolute Gasteiger partial charge is 0.484 e. The Labute approximate surface area is 138 Å². The predicted molar refractivity (Wildman–Crippen MR) is 89.7 cm³/mol. The van der Waals surface area contributed by atoms with Crippen LogP contribution < -0.4 is 15.5 Å². The van der Waals surface area contributed by atoms with Gasteiger partial charge in [-0.2, -0.15) is 5.10 Å². The van der Waals surface area contributed by atoms with Crippen molar-refractivity contribution in [3.05, 3.63) is 52.2 Å². The first-order valence-electron chi connectivity index (χ1n) is 6.95. The van der Waals surface area contributed by atoms with Crippen molar-refractivity contribution in [2.45, 2.75) is 6.92 Å². The third-order valence-corrected chi connectivity index (χ3v) is 3.54. The molecular weight excluding hydrogens is 314 g/mol. The van der Waals surface area contributed by atoms with Crippen molar-refractivity contribution in [1.82, 2.24) is 10.7 Å². The van der Waals surface area contributed by atoms with Gasteiger partial charge in [0.2, 0.25) is 0 Å². The number of rotatable bonds is 7. The molecule has 0 aliphatic heterocycles. The molecule has 1 aromatic carbocycles. The topological polar surface area (TPSA) is 79.8 Å². The molecule has 23 heavy (non-hydrogen) atoms. The second kappa shape index (κ2) is 8.70. The molecule has 2 rings (SSSR count). The van der Waals surface area contributed by atoms with Gasteiger partial charge in [0.15, 0.2) is 6.61 Å². The number of nitrogens with one attached hydrogen (secondary N) is 2. The fourth-order valence-electron chi connectivity index (χ4n) is 1.66. The molecule has 0 aliphatic rings. The number of carbonyl (C=O) groups is 2. The first kappa shape index (κ1) is 16.7. The summed E-state index contributed by atoms with van der Waals surface area (Å²) in [5, 5.41) is 8.18. The van der Waals surface area contributed by atoms with Crippen molar-refractivity contribution in [2.75, 3.05) is 13.2 Å². The van der Waals surface area contributed by atoms with Gasteiger partial charge in [0.05, 0.1) is 12.8 Å². The van der Waals surface area contributed by atoms with E-state index in [9.17, 15) is 9.59 Å². The Morgan fingerprint density at radius 2 is 2.13 bits per heavy atom. The number of nitrogens with zero attached hydrogens (tertiary/aromatic N) is 1. The second-order valence-corrected chi connectivity index (χ2v) is 5.67. The number of hydrogen-bond donors (Lipinski definition) is 2. The minimum absolute atomic E-state index is 0.144. The summed E-state index contributed by atoms with van der Waals surface area (Å²) in [5.41, 5.74) is 3.39. The molecule has 0 bridgehead atoms. The van der Waals surface area contributed by atoms with Crippen molar-refractivity contribution in [2.24, 2.45) is 5.10 Å². The molecule has 0 unspecified atom stereocenters. The number of hydrogen-bond acceptors (Lipinski definition) is 5. The summed E-state index contributed by atoms with van der Waals surface area (Å²) in [4.78, 5) is 24.1. The third-order valence-electron chi connectivity index (χ3n) is 2.73. The van der Waals surface area contributed by atoms with E-state index in [0.29, 0.717) is 5.75 Å². The van der Waals surface area contributed by atoms with Crippen molar-refractivity contribution < 1.29 is 14.3 Å². The van der Waals surface area contributed by atoms with Gasteiger partial charge in [0.1, 0.15) is 5.75 Å². The average Bonchev–Trinajstić information content (AvgIpc) is 3.04. The molecule has 7 heteroatoms. The monoisotopic (exact) mass is 331 g/mol. The molecule has 0 fully saturated rings. The standard InChI is InChI=1S/C16H17N3O3S/c1-12-4-2-5-13(8-12)22-11-16(21)17-10-15(20)19-18-9-14-6-3-7-23-14/h2-9H,10-11H2,1H3,(H,17,21)(H,19,20)/b18-9+. The Bertz CT molecular complexity index is 684. The Hall–Kier alpha value is -2.67. The van der Waals surface area contributed by atoms with Crippen molar-refractivity contribution in [3.8, 4) is 5.75 Å². The summed E-state index contributed by atoms with van der Waals surface area (Å²) < 4.78 is 5.34. The Balaban J connectivity index is 1.64. The number of thiophene rings is 1. The van der Waals surface area contributed by atoms with Gasteiger partial charge in [-0.1, -0.05) is 18.2 Å². The van der Waals surface area contributed by atoms with E-state index in [1.807, 2.05) is 42.6 Å². The molecule has 2 aromatic rings. The molecule has 0 atom stereocenters. The molecule has 1 aromatic heterocycles. The maximum atomic E-state index is 11.6. The van der Waals surface area contributed by atoms with E-state index in [1.165, 1.54) is 11.3 Å². The van der Waals surface area contributed by atoms with E-state index in [2.05, 4.69) is 15.8 Å². The summed E-state index contributed by atoms with van der Waals surface area (Å²) in [7, 11) is 0. The van der Waals surface area contributed by atoms with Crippen LogP contribution in [0.1, 0.15) is 10.4 Å². The smallest absolute Gasteiger partial charge is 0.259 e. The van der Waals surface area contributed by atoms with E-state index in [1.54, 1.807) is 12.3 Å². The highest BCUT2D eigenvalue weighted by Crippen LogP contribution is 2.11. The van der Waals surface area contributed by atoms with Crippen molar-refractivity contribution >= 4 is 29.4 Å².